The van der Waals surface area contributed by atoms with Crippen molar-refractivity contribution < 1.29 is 14.3 Å². The Morgan fingerprint density at radius 3 is 2.52 bits per heavy atom. The van der Waals surface area contributed by atoms with Crippen molar-refractivity contribution in [3.8, 4) is 0 Å². The summed E-state index contributed by atoms with van der Waals surface area (Å²) in [6, 6.07) is -0.454. The Bertz CT molecular complexity index is 760. The van der Waals surface area contributed by atoms with Crippen LogP contribution in [0.5, 0.6) is 0 Å². The van der Waals surface area contributed by atoms with Crippen molar-refractivity contribution in [1.82, 2.24) is 29.8 Å². The van der Waals surface area contributed by atoms with Gasteiger partial charge < -0.3 is 30.1 Å². The lowest BCUT2D eigenvalue weighted by Crippen LogP contribution is -2.52. The Morgan fingerprint density at radius 2 is 1.90 bits per heavy atom. The molecule has 1 aromatic heterocycles. The van der Waals surface area contributed by atoms with Crippen LogP contribution in [0.1, 0.15) is 32.0 Å². The highest BCUT2D eigenvalue weighted by molar-refractivity contribution is 7.80. The summed E-state index contributed by atoms with van der Waals surface area (Å²) in [5.41, 5.74) is 1.54. The molecule has 0 aliphatic carbocycles. The molecule has 2 N–H and O–H groups in total. The topological polar surface area (TPSA) is 95.0 Å². The molecule has 1 saturated heterocycles. The highest BCUT2D eigenvalue weighted by Gasteiger charge is 2.28. The molecular formula is C20H35N7O3S. The van der Waals surface area contributed by atoms with Gasteiger partial charge in [0.2, 0.25) is 5.91 Å². The Labute approximate surface area is 189 Å². The third kappa shape index (κ3) is 7.35. The van der Waals surface area contributed by atoms with E-state index < -0.39 is 6.04 Å². The molecule has 10 nitrogen and oxygen atoms in total. The Morgan fingerprint density at radius 1 is 1.26 bits per heavy atom. The number of carbonyl (C=O) groups excluding carboxylic acids is 2. The van der Waals surface area contributed by atoms with E-state index in [1.807, 2.05) is 27.9 Å². The predicted molar refractivity (Wildman–Crippen MR) is 124 cm³/mol. The number of ether oxygens (including phenoxy) is 1. The van der Waals surface area contributed by atoms with Crippen molar-refractivity contribution in [3.05, 3.63) is 11.9 Å². The van der Waals surface area contributed by atoms with E-state index in [0.717, 1.165) is 30.9 Å². The molecule has 174 valence electrons. The summed E-state index contributed by atoms with van der Waals surface area (Å²) in [6.45, 7) is 9.50. The van der Waals surface area contributed by atoms with Crippen molar-refractivity contribution in [2.75, 3.05) is 65.3 Å². The Balaban J connectivity index is 1.87. The van der Waals surface area contributed by atoms with Crippen LogP contribution in [0.3, 0.4) is 0 Å². The summed E-state index contributed by atoms with van der Waals surface area (Å²) in [5, 5.41) is 11.4. The summed E-state index contributed by atoms with van der Waals surface area (Å²) in [5.74, 6) is -0.0260. The van der Waals surface area contributed by atoms with E-state index in [0.29, 0.717) is 37.9 Å². The first-order valence-electron chi connectivity index (χ1n) is 10.7. The third-order valence-electron chi connectivity index (χ3n) is 5.10. The molecule has 0 spiro atoms. The van der Waals surface area contributed by atoms with Crippen LogP contribution in [0.4, 0.5) is 10.5 Å². The van der Waals surface area contributed by atoms with Crippen molar-refractivity contribution in [3.63, 3.8) is 0 Å². The van der Waals surface area contributed by atoms with Gasteiger partial charge in [-0.1, -0.05) is 0 Å². The molecule has 0 bridgehead atoms. The second-order valence-electron chi connectivity index (χ2n) is 7.83. The molecule has 1 atom stereocenters. The van der Waals surface area contributed by atoms with Gasteiger partial charge in [-0.3, -0.25) is 9.48 Å². The molecule has 11 heteroatoms. The fraction of sp³-hybridized carbons (Fsp3) is 0.700. The number of hydrogen-bond acceptors (Lipinski definition) is 6. The number of nitrogens with one attached hydrogen (secondary N) is 2. The number of nitrogens with zero attached hydrogens (tertiary/aromatic N) is 5. The van der Waals surface area contributed by atoms with Gasteiger partial charge >= 0.3 is 6.09 Å². The van der Waals surface area contributed by atoms with Crippen LogP contribution in [-0.4, -0.2) is 102 Å². The van der Waals surface area contributed by atoms with E-state index in [-0.39, 0.29) is 12.0 Å². The van der Waals surface area contributed by atoms with Crippen LogP contribution < -0.4 is 10.6 Å². The van der Waals surface area contributed by atoms with E-state index >= 15 is 0 Å². The van der Waals surface area contributed by atoms with Gasteiger partial charge in [0.05, 0.1) is 18.0 Å². The summed E-state index contributed by atoms with van der Waals surface area (Å²) < 4.78 is 6.69. The summed E-state index contributed by atoms with van der Waals surface area (Å²) in [7, 11) is 4.08. The fourth-order valence-electron chi connectivity index (χ4n) is 3.27. The molecule has 0 aromatic carbocycles. The van der Waals surface area contributed by atoms with Gasteiger partial charge in [-0.2, -0.15) is 5.10 Å². The number of anilines is 1. The van der Waals surface area contributed by atoms with Gasteiger partial charge in [-0.25, -0.2) is 4.79 Å². The molecule has 1 fully saturated rings. The fourth-order valence-corrected chi connectivity index (χ4v) is 3.48. The van der Waals surface area contributed by atoms with Gasteiger partial charge in [-0.15, -0.1) is 0 Å². The standard InChI is InChI=1S/C20H35N7O3S/c1-6-30-20(29)26-12-10-25(11-13-26)18(28)16(3)27-14-17(15(2)23-27)22-19(31)21-8-7-9-24(4)5/h14,16H,6-13H2,1-5H3,(H2,21,22,31). The van der Waals surface area contributed by atoms with Crippen LogP contribution in [0.2, 0.25) is 0 Å². The smallest absolute Gasteiger partial charge is 0.409 e. The summed E-state index contributed by atoms with van der Waals surface area (Å²) in [4.78, 5) is 30.3. The Hall–Kier alpha value is -2.40. The zero-order valence-corrected chi connectivity index (χ0v) is 20.0. The van der Waals surface area contributed by atoms with Gasteiger partial charge in [-0.05, 0) is 60.1 Å². The molecule has 2 amide bonds. The molecule has 2 heterocycles. The van der Waals surface area contributed by atoms with Gasteiger partial charge in [0.15, 0.2) is 5.11 Å². The molecule has 0 radical (unpaired) electrons. The molecule has 1 aliphatic rings. The lowest BCUT2D eigenvalue weighted by molar-refractivity contribution is -0.136. The zero-order chi connectivity index (χ0) is 23.0. The minimum atomic E-state index is -0.454. The normalized spacial score (nSPS) is 15.0. The number of aryl methyl sites for hydroxylation is 1. The minimum absolute atomic E-state index is 0.0260. The average molecular weight is 454 g/mol. The van der Waals surface area contributed by atoms with Crippen molar-refractivity contribution in [2.45, 2.75) is 33.2 Å². The summed E-state index contributed by atoms with van der Waals surface area (Å²) in [6.07, 6.45) is 2.47. The number of hydrogen-bond donors (Lipinski definition) is 2. The number of carbonyl (C=O) groups is 2. The number of thiocarbonyl (C=S) groups is 1. The lowest BCUT2D eigenvalue weighted by Gasteiger charge is -2.35. The maximum Gasteiger partial charge on any atom is 0.409 e. The van der Waals surface area contributed by atoms with Gasteiger partial charge in [0.1, 0.15) is 6.04 Å². The van der Waals surface area contributed by atoms with Gasteiger partial charge in [0.25, 0.3) is 0 Å². The first-order valence-corrected chi connectivity index (χ1v) is 11.1. The first-order chi connectivity index (χ1) is 14.7. The van der Waals surface area contributed by atoms with E-state index in [1.165, 1.54) is 0 Å². The molecule has 31 heavy (non-hydrogen) atoms. The highest BCUT2D eigenvalue weighted by Crippen LogP contribution is 2.18. The zero-order valence-electron chi connectivity index (χ0n) is 19.2. The molecule has 0 saturated carbocycles. The number of piperazine rings is 1. The van der Waals surface area contributed by atoms with Crippen LogP contribution in [-0.2, 0) is 9.53 Å². The number of rotatable bonds is 8. The largest absolute Gasteiger partial charge is 0.450 e. The van der Waals surface area contributed by atoms with E-state index in [4.69, 9.17) is 17.0 Å². The average Bonchev–Trinajstić information content (AvgIpc) is 3.10. The van der Waals surface area contributed by atoms with Gasteiger partial charge in [0, 0.05) is 38.9 Å². The second kappa shape index (κ2) is 11.8. The maximum absolute atomic E-state index is 12.9. The van der Waals surface area contributed by atoms with Crippen LogP contribution in [0.25, 0.3) is 0 Å². The van der Waals surface area contributed by atoms with Crippen LogP contribution >= 0.6 is 12.2 Å². The maximum atomic E-state index is 12.9. The van der Waals surface area contributed by atoms with Crippen LogP contribution in [0, 0.1) is 6.92 Å². The molecule has 1 aliphatic heterocycles. The highest BCUT2D eigenvalue weighted by atomic mass is 32.1. The number of aromatic nitrogens is 2. The lowest BCUT2D eigenvalue weighted by atomic mass is 10.2. The van der Waals surface area contributed by atoms with E-state index in [1.54, 1.807) is 27.6 Å². The van der Waals surface area contributed by atoms with E-state index in [9.17, 15) is 9.59 Å². The molecule has 2 rings (SSSR count). The van der Waals surface area contributed by atoms with Crippen LogP contribution in [0.15, 0.2) is 6.20 Å². The molecule has 1 unspecified atom stereocenters. The monoisotopic (exact) mass is 453 g/mol. The summed E-state index contributed by atoms with van der Waals surface area (Å²) >= 11 is 5.36. The van der Waals surface area contributed by atoms with E-state index in [2.05, 4.69) is 20.6 Å². The minimum Gasteiger partial charge on any atom is -0.450 e. The Kier molecular flexibility index (Phi) is 9.50. The SMILES string of the molecule is CCOC(=O)N1CCN(C(=O)C(C)n2cc(NC(=S)NCCCN(C)C)c(C)n2)CC1. The van der Waals surface area contributed by atoms with Crippen molar-refractivity contribution >= 4 is 35.0 Å². The van der Waals surface area contributed by atoms with Crippen molar-refractivity contribution in [2.24, 2.45) is 0 Å². The third-order valence-corrected chi connectivity index (χ3v) is 5.35. The predicted octanol–water partition coefficient (Wildman–Crippen LogP) is 1.29. The molecule has 1 aromatic rings. The molecular weight excluding hydrogens is 418 g/mol. The second-order valence-corrected chi connectivity index (χ2v) is 8.24. The number of amides is 2. The van der Waals surface area contributed by atoms with Crippen molar-refractivity contribution in [1.29, 1.82) is 0 Å². The first kappa shape index (κ1) is 24.9. The quantitative estimate of drug-likeness (QED) is 0.449.